The minimum atomic E-state index is -3.76. The van der Waals surface area contributed by atoms with Gasteiger partial charge in [-0.1, -0.05) is 0 Å². The van der Waals surface area contributed by atoms with Crippen LogP contribution >= 0.6 is 0 Å². The van der Waals surface area contributed by atoms with Crippen LogP contribution < -0.4 is 10.0 Å². The summed E-state index contributed by atoms with van der Waals surface area (Å²) in [7, 11) is -3.76. The van der Waals surface area contributed by atoms with Crippen LogP contribution in [0.3, 0.4) is 0 Å². The Labute approximate surface area is 212 Å². The third-order valence-corrected chi connectivity index (χ3v) is 5.61. The van der Waals surface area contributed by atoms with E-state index < -0.39 is 26.6 Å². The Morgan fingerprint density at radius 2 is 1.36 bits per heavy atom. The number of carbonyl (C=O) groups is 1. The molecule has 0 aromatic heterocycles. The first-order chi connectivity index (χ1) is 17.0. The summed E-state index contributed by atoms with van der Waals surface area (Å²) in [6.45, 7) is 8.86. The molecule has 13 nitrogen and oxygen atoms in total. The summed E-state index contributed by atoms with van der Waals surface area (Å²) in [5.41, 5.74) is -0.708. The van der Waals surface area contributed by atoms with E-state index in [1.165, 1.54) is 12.1 Å². The predicted molar refractivity (Wildman–Crippen MR) is 130 cm³/mol. The number of hydrogen-bond donors (Lipinski definition) is 2. The van der Waals surface area contributed by atoms with Gasteiger partial charge in [-0.25, -0.2) is 17.9 Å². The van der Waals surface area contributed by atoms with Crippen LogP contribution in [0.15, 0.2) is 29.2 Å². The van der Waals surface area contributed by atoms with Gasteiger partial charge in [0.2, 0.25) is 10.0 Å². The van der Waals surface area contributed by atoms with Crippen LogP contribution in [0, 0.1) is 10.1 Å². The van der Waals surface area contributed by atoms with E-state index in [0.29, 0.717) is 59.2 Å². The Hall–Kier alpha value is -2.36. The fourth-order valence-electron chi connectivity index (χ4n) is 2.52. The van der Waals surface area contributed by atoms with Crippen molar-refractivity contribution >= 4 is 21.8 Å². The van der Waals surface area contributed by atoms with Crippen molar-refractivity contribution in [3.63, 3.8) is 0 Å². The van der Waals surface area contributed by atoms with Gasteiger partial charge in [0.15, 0.2) is 0 Å². The summed E-state index contributed by atoms with van der Waals surface area (Å²) in [6.07, 6.45) is 0.245. The first-order valence-electron chi connectivity index (χ1n) is 11.5. The van der Waals surface area contributed by atoms with Gasteiger partial charge in [0, 0.05) is 38.4 Å². The van der Waals surface area contributed by atoms with Crippen molar-refractivity contribution in [2.45, 2.75) is 37.7 Å². The zero-order chi connectivity index (χ0) is 26.9. The van der Waals surface area contributed by atoms with E-state index in [1.807, 2.05) is 0 Å². The van der Waals surface area contributed by atoms with E-state index in [1.54, 1.807) is 20.8 Å². The monoisotopic (exact) mass is 535 g/mol. The summed E-state index contributed by atoms with van der Waals surface area (Å²) in [4.78, 5) is 21.4. The first-order valence-corrected chi connectivity index (χ1v) is 13.0. The molecular formula is C22H37N3O10S. The number of alkyl carbamates (subject to hydrolysis) is 1. The highest BCUT2D eigenvalue weighted by Crippen LogP contribution is 2.15. The van der Waals surface area contributed by atoms with E-state index in [0.717, 1.165) is 12.1 Å². The summed E-state index contributed by atoms with van der Waals surface area (Å²) in [6, 6.07) is 4.62. The summed E-state index contributed by atoms with van der Waals surface area (Å²) in [5.74, 6) is 0. The van der Waals surface area contributed by atoms with E-state index in [4.69, 9.17) is 23.7 Å². The van der Waals surface area contributed by atoms with Crippen molar-refractivity contribution in [1.82, 2.24) is 10.0 Å². The molecule has 0 aliphatic carbocycles. The molecule has 1 amide bonds. The van der Waals surface area contributed by atoms with E-state index >= 15 is 0 Å². The molecule has 0 unspecified atom stereocenters. The molecule has 0 radical (unpaired) electrons. The molecule has 36 heavy (non-hydrogen) atoms. The van der Waals surface area contributed by atoms with Crippen LogP contribution in [-0.4, -0.2) is 91.0 Å². The lowest BCUT2D eigenvalue weighted by Gasteiger charge is -2.19. The first kappa shape index (κ1) is 31.7. The Bertz CT molecular complexity index is 873. The number of non-ortho nitro benzene ring substituents is 1. The molecule has 0 fully saturated rings. The Balaban J connectivity index is 1.89. The molecule has 1 aromatic carbocycles. The number of carbonyl (C=O) groups excluding carboxylic acids is 1. The van der Waals surface area contributed by atoms with Gasteiger partial charge in [-0.3, -0.25) is 10.1 Å². The quantitative estimate of drug-likeness (QED) is 0.152. The Morgan fingerprint density at radius 3 is 1.92 bits per heavy atom. The Kier molecular flexibility index (Phi) is 15.1. The highest BCUT2D eigenvalue weighted by atomic mass is 32.2. The molecule has 0 spiro atoms. The molecule has 1 aromatic rings. The summed E-state index contributed by atoms with van der Waals surface area (Å²) >= 11 is 0. The number of nitro benzene ring substituents is 1. The maximum atomic E-state index is 12.1. The van der Waals surface area contributed by atoms with Crippen LogP contribution in [0.4, 0.5) is 10.5 Å². The number of ether oxygens (including phenoxy) is 5. The van der Waals surface area contributed by atoms with Gasteiger partial charge in [-0.05, 0) is 39.3 Å². The second kappa shape index (κ2) is 17.2. The van der Waals surface area contributed by atoms with Gasteiger partial charge in [-0.2, -0.15) is 0 Å². The van der Waals surface area contributed by atoms with Gasteiger partial charge >= 0.3 is 6.09 Å². The number of sulfonamides is 1. The minimum absolute atomic E-state index is 0.0571. The van der Waals surface area contributed by atoms with Crippen molar-refractivity contribution in [2.75, 3.05) is 65.9 Å². The summed E-state index contributed by atoms with van der Waals surface area (Å²) in [5, 5.41) is 13.2. The van der Waals surface area contributed by atoms with Crippen LogP contribution in [0.1, 0.15) is 27.2 Å². The highest BCUT2D eigenvalue weighted by Gasteiger charge is 2.16. The third-order valence-electron chi connectivity index (χ3n) is 4.13. The van der Waals surface area contributed by atoms with Crippen molar-refractivity contribution in [2.24, 2.45) is 0 Å². The predicted octanol–water partition coefficient (Wildman–Crippen LogP) is 1.85. The molecule has 2 N–H and O–H groups in total. The van der Waals surface area contributed by atoms with Gasteiger partial charge < -0.3 is 29.0 Å². The zero-order valence-electron chi connectivity index (χ0n) is 21.0. The second-order valence-corrected chi connectivity index (χ2v) is 10.1. The topological polar surface area (TPSA) is 165 Å². The molecule has 0 atom stereocenters. The van der Waals surface area contributed by atoms with Crippen LogP contribution in [0.25, 0.3) is 0 Å². The van der Waals surface area contributed by atoms with Crippen LogP contribution in [-0.2, 0) is 33.7 Å². The van der Waals surface area contributed by atoms with Gasteiger partial charge in [0.05, 0.1) is 49.5 Å². The van der Waals surface area contributed by atoms with Crippen molar-refractivity contribution in [3.8, 4) is 0 Å². The number of rotatable bonds is 19. The molecule has 0 heterocycles. The molecule has 14 heteroatoms. The molecule has 0 saturated heterocycles. The third kappa shape index (κ3) is 15.6. The molecular weight excluding hydrogens is 498 g/mol. The zero-order valence-corrected chi connectivity index (χ0v) is 21.8. The molecule has 0 saturated carbocycles. The van der Waals surface area contributed by atoms with Gasteiger partial charge in [0.1, 0.15) is 5.60 Å². The molecule has 0 aliphatic heterocycles. The SMILES string of the molecule is CC(C)(C)OC(=O)NCCOCCCOCCOCCOCCNS(=O)(=O)c1ccc([N+](=O)[O-])cc1. The smallest absolute Gasteiger partial charge is 0.407 e. The lowest BCUT2D eigenvalue weighted by molar-refractivity contribution is -0.384. The van der Waals surface area contributed by atoms with Crippen molar-refractivity contribution < 1.29 is 41.8 Å². The maximum Gasteiger partial charge on any atom is 0.407 e. The fraction of sp³-hybridized carbons (Fsp3) is 0.682. The number of nitrogens with zero attached hydrogens (tertiary/aromatic N) is 1. The number of benzene rings is 1. The van der Waals surface area contributed by atoms with Gasteiger partial charge in [0.25, 0.3) is 5.69 Å². The summed E-state index contributed by atoms with van der Waals surface area (Å²) < 4.78 is 53.2. The molecule has 0 aliphatic rings. The number of hydrogen-bond acceptors (Lipinski definition) is 10. The normalized spacial score (nSPS) is 11.9. The lowest BCUT2D eigenvalue weighted by atomic mass is 10.2. The van der Waals surface area contributed by atoms with Crippen molar-refractivity contribution in [3.05, 3.63) is 34.4 Å². The Morgan fingerprint density at radius 1 is 0.861 bits per heavy atom. The molecule has 206 valence electrons. The highest BCUT2D eigenvalue weighted by molar-refractivity contribution is 7.89. The van der Waals surface area contributed by atoms with E-state index in [2.05, 4.69) is 10.0 Å². The second-order valence-electron chi connectivity index (χ2n) is 8.38. The number of nitro groups is 1. The van der Waals surface area contributed by atoms with Crippen molar-refractivity contribution in [1.29, 1.82) is 0 Å². The molecule has 0 bridgehead atoms. The molecule has 1 rings (SSSR count). The minimum Gasteiger partial charge on any atom is -0.444 e. The van der Waals surface area contributed by atoms with Crippen LogP contribution in [0.2, 0.25) is 0 Å². The van der Waals surface area contributed by atoms with Gasteiger partial charge in [-0.15, -0.1) is 0 Å². The average molecular weight is 536 g/mol. The van der Waals surface area contributed by atoms with Crippen LogP contribution in [0.5, 0.6) is 0 Å². The van der Waals surface area contributed by atoms with E-state index in [-0.39, 0.29) is 23.7 Å². The number of amides is 1. The number of nitrogens with one attached hydrogen (secondary N) is 2. The fourth-order valence-corrected chi connectivity index (χ4v) is 3.54. The lowest BCUT2D eigenvalue weighted by Crippen LogP contribution is -2.34. The largest absolute Gasteiger partial charge is 0.444 e. The van der Waals surface area contributed by atoms with E-state index in [9.17, 15) is 23.3 Å². The average Bonchev–Trinajstić information content (AvgIpc) is 2.80. The standard InChI is InChI=1S/C22H37N3O10S/c1-22(2,3)35-21(26)23-9-13-31-11-4-12-32-15-17-34-18-16-33-14-10-24-36(29,30)20-7-5-19(6-8-20)25(27)28/h5-8,24H,4,9-18H2,1-3H3,(H,23,26). The maximum absolute atomic E-state index is 12.1.